The maximum Gasteiger partial charge on any atom is 0.162 e. The quantitative estimate of drug-likeness (QED) is 0.735. The van der Waals surface area contributed by atoms with E-state index >= 15 is 0 Å². The Labute approximate surface area is 74.8 Å². The van der Waals surface area contributed by atoms with Crippen molar-refractivity contribution in [1.82, 2.24) is 0 Å². The summed E-state index contributed by atoms with van der Waals surface area (Å²) in [7, 11) is -3.14. The van der Waals surface area contributed by atoms with Gasteiger partial charge in [-0.2, -0.15) is 0 Å². The van der Waals surface area contributed by atoms with Crippen LogP contribution in [-0.2, 0) is 9.84 Å². The van der Waals surface area contributed by atoms with Gasteiger partial charge >= 0.3 is 0 Å². The van der Waals surface area contributed by atoms with Crippen molar-refractivity contribution < 1.29 is 13.5 Å². The van der Waals surface area contributed by atoms with Crippen molar-refractivity contribution in [2.24, 2.45) is 5.92 Å². The van der Waals surface area contributed by atoms with E-state index in [1.165, 1.54) is 0 Å². The van der Waals surface area contributed by atoms with Crippen molar-refractivity contribution >= 4 is 25.8 Å². The van der Waals surface area contributed by atoms with E-state index in [1.54, 1.807) is 0 Å². The van der Waals surface area contributed by atoms with Gasteiger partial charge in [0.15, 0.2) is 9.84 Å². The van der Waals surface area contributed by atoms with Crippen molar-refractivity contribution in [2.45, 2.75) is 23.1 Å². The average Bonchev–Trinajstić information content (AvgIpc) is 2.63. The van der Waals surface area contributed by atoms with Gasteiger partial charge in [-0.05, 0) is 18.8 Å². The Morgan fingerprint density at radius 3 is 2.27 bits per heavy atom. The molecule has 1 aliphatic carbocycles. The first-order chi connectivity index (χ1) is 4.93. The van der Waals surface area contributed by atoms with Gasteiger partial charge in [0.25, 0.3) is 0 Å². The first-order valence-corrected chi connectivity index (χ1v) is 6.31. The molecule has 0 amide bonds. The molecule has 66 valence electrons. The Balaban J connectivity index is 2.59. The molecule has 11 heavy (non-hydrogen) atoms. The molecule has 5 heteroatoms. The van der Waals surface area contributed by atoms with Crippen LogP contribution in [0.4, 0.5) is 0 Å². The van der Waals surface area contributed by atoms with Crippen LogP contribution >= 0.6 is 15.9 Å². The number of aliphatic hydroxyl groups is 1. The summed E-state index contributed by atoms with van der Waals surface area (Å²) in [6.07, 6.45) is 2.28. The third-order valence-electron chi connectivity index (χ3n) is 1.78. The van der Waals surface area contributed by atoms with Gasteiger partial charge in [-0.15, -0.1) is 0 Å². The molecule has 1 saturated carbocycles. The van der Waals surface area contributed by atoms with Crippen molar-refractivity contribution in [1.29, 1.82) is 0 Å². The molecule has 0 radical (unpaired) electrons. The highest BCUT2D eigenvalue weighted by atomic mass is 79.9. The molecular weight excluding hydrogens is 232 g/mol. The SMILES string of the molecule is CS(=O)(=O)[C@H](Br)[C@@H](O)C1CC1. The van der Waals surface area contributed by atoms with Gasteiger partial charge in [0.2, 0.25) is 0 Å². The predicted octanol–water partition coefficient (Wildman–Crippen LogP) is 0.523. The van der Waals surface area contributed by atoms with Gasteiger partial charge in [-0.1, -0.05) is 15.9 Å². The van der Waals surface area contributed by atoms with Crippen molar-refractivity contribution in [3.05, 3.63) is 0 Å². The van der Waals surface area contributed by atoms with E-state index in [0.717, 1.165) is 19.1 Å². The summed E-state index contributed by atoms with van der Waals surface area (Å²) in [6, 6.07) is 0. The Kier molecular flexibility index (Phi) is 2.61. The second-order valence-corrected chi connectivity index (χ2v) is 6.77. The van der Waals surface area contributed by atoms with Gasteiger partial charge in [0.05, 0.1) is 6.10 Å². The fraction of sp³-hybridized carbons (Fsp3) is 1.00. The van der Waals surface area contributed by atoms with Gasteiger partial charge in [-0.3, -0.25) is 0 Å². The third kappa shape index (κ3) is 2.42. The lowest BCUT2D eigenvalue weighted by Gasteiger charge is -2.13. The highest BCUT2D eigenvalue weighted by Gasteiger charge is 2.38. The van der Waals surface area contributed by atoms with Crippen LogP contribution in [0.15, 0.2) is 0 Å². The number of aliphatic hydroxyl groups excluding tert-OH is 1. The van der Waals surface area contributed by atoms with Gasteiger partial charge in [-0.25, -0.2) is 8.42 Å². The summed E-state index contributed by atoms with van der Waals surface area (Å²) >= 11 is 2.97. The fourth-order valence-electron chi connectivity index (χ4n) is 0.905. The smallest absolute Gasteiger partial charge is 0.162 e. The first kappa shape index (κ1) is 9.48. The molecule has 0 spiro atoms. The minimum Gasteiger partial charge on any atom is -0.391 e. The zero-order chi connectivity index (χ0) is 8.65. The van der Waals surface area contributed by atoms with E-state index in [4.69, 9.17) is 0 Å². The molecule has 1 rings (SSSR count). The lowest BCUT2D eigenvalue weighted by atomic mass is 10.3. The summed E-state index contributed by atoms with van der Waals surface area (Å²) in [5, 5.41) is 9.37. The summed E-state index contributed by atoms with van der Waals surface area (Å²) in [4.78, 5) is 0. The van der Waals surface area contributed by atoms with Crippen LogP contribution in [0.25, 0.3) is 0 Å². The number of hydrogen-bond acceptors (Lipinski definition) is 3. The molecule has 0 aromatic heterocycles. The number of alkyl halides is 1. The highest BCUT2D eigenvalue weighted by molar-refractivity contribution is 9.11. The van der Waals surface area contributed by atoms with Crippen molar-refractivity contribution in [2.75, 3.05) is 6.26 Å². The Morgan fingerprint density at radius 2 is 2.00 bits per heavy atom. The second-order valence-electron chi connectivity index (χ2n) is 3.01. The number of halogens is 1. The third-order valence-corrected chi connectivity index (χ3v) is 5.46. The van der Waals surface area contributed by atoms with Gasteiger partial charge < -0.3 is 5.11 Å². The summed E-state index contributed by atoms with van der Waals surface area (Å²) < 4.78 is 21.0. The molecule has 0 bridgehead atoms. The highest BCUT2D eigenvalue weighted by Crippen LogP contribution is 2.36. The van der Waals surface area contributed by atoms with Crippen LogP contribution in [0, 0.1) is 5.92 Å². The maximum absolute atomic E-state index is 10.9. The normalized spacial score (nSPS) is 24.6. The Bertz CT molecular complexity index is 232. The minimum absolute atomic E-state index is 0.189. The molecule has 0 heterocycles. The lowest BCUT2D eigenvalue weighted by Crippen LogP contribution is -2.29. The molecule has 1 aliphatic rings. The number of sulfone groups is 1. The second kappa shape index (κ2) is 3.03. The standard InChI is InChI=1S/C6H11BrO3S/c1-11(9,10)6(7)5(8)4-2-3-4/h4-6,8H,2-3H2,1H3/t5-,6-/m0/s1. The molecule has 0 aromatic carbocycles. The average molecular weight is 243 g/mol. The topological polar surface area (TPSA) is 54.4 Å². The van der Waals surface area contributed by atoms with E-state index in [9.17, 15) is 13.5 Å². The molecule has 1 fully saturated rings. The molecule has 2 atom stereocenters. The fourth-order valence-corrected chi connectivity index (χ4v) is 2.07. The first-order valence-electron chi connectivity index (χ1n) is 3.44. The van der Waals surface area contributed by atoms with E-state index in [2.05, 4.69) is 15.9 Å². The molecule has 0 aromatic rings. The molecule has 0 aliphatic heterocycles. The Morgan fingerprint density at radius 1 is 1.55 bits per heavy atom. The summed E-state index contributed by atoms with van der Waals surface area (Å²) in [6.45, 7) is 0. The molecule has 0 saturated heterocycles. The van der Waals surface area contributed by atoms with Crippen LogP contribution in [0.1, 0.15) is 12.8 Å². The summed E-state index contributed by atoms with van der Waals surface area (Å²) in [5.41, 5.74) is 0. The molecule has 3 nitrogen and oxygen atoms in total. The van der Waals surface area contributed by atoms with Crippen LogP contribution in [0.2, 0.25) is 0 Å². The van der Waals surface area contributed by atoms with E-state index < -0.39 is 20.1 Å². The van der Waals surface area contributed by atoms with Gasteiger partial charge in [0, 0.05) is 6.26 Å². The van der Waals surface area contributed by atoms with Crippen LogP contribution < -0.4 is 0 Å². The zero-order valence-corrected chi connectivity index (χ0v) is 8.60. The van der Waals surface area contributed by atoms with Gasteiger partial charge in [0.1, 0.15) is 4.16 Å². The largest absolute Gasteiger partial charge is 0.391 e. The number of hydrogen-bond donors (Lipinski definition) is 1. The van der Waals surface area contributed by atoms with Crippen LogP contribution in [-0.4, -0.2) is 30.0 Å². The summed E-state index contributed by atoms with van der Waals surface area (Å²) in [5.74, 6) is 0.189. The number of rotatable bonds is 3. The van der Waals surface area contributed by atoms with E-state index in [-0.39, 0.29) is 5.92 Å². The lowest BCUT2D eigenvalue weighted by molar-refractivity contribution is 0.167. The monoisotopic (exact) mass is 242 g/mol. The predicted molar refractivity (Wildman–Crippen MR) is 46.3 cm³/mol. The van der Waals surface area contributed by atoms with Crippen molar-refractivity contribution in [3.63, 3.8) is 0 Å². The minimum atomic E-state index is -3.14. The van der Waals surface area contributed by atoms with Crippen LogP contribution in [0.5, 0.6) is 0 Å². The molecule has 1 N–H and O–H groups in total. The maximum atomic E-state index is 10.9. The van der Waals surface area contributed by atoms with Crippen LogP contribution in [0.3, 0.4) is 0 Å². The Hall–Kier alpha value is 0.390. The molecule has 0 unspecified atom stereocenters. The van der Waals surface area contributed by atoms with Crippen molar-refractivity contribution in [3.8, 4) is 0 Å². The molecular formula is C6H11BrO3S. The zero-order valence-electron chi connectivity index (χ0n) is 6.20. The van der Waals surface area contributed by atoms with E-state index in [0.29, 0.717) is 0 Å². The van der Waals surface area contributed by atoms with E-state index in [1.807, 2.05) is 0 Å².